The molecule has 0 fully saturated rings. The minimum atomic E-state index is -0.544. The molecule has 0 radical (unpaired) electrons. The first-order chi connectivity index (χ1) is 12.4. The molecule has 2 aromatic carbocycles. The molecule has 1 aromatic heterocycles. The molecule has 1 atom stereocenters. The van der Waals surface area contributed by atoms with Crippen molar-refractivity contribution in [2.75, 3.05) is 5.32 Å². The average molecular weight is 394 g/mol. The summed E-state index contributed by atoms with van der Waals surface area (Å²) in [5.74, 6) is -0.688. The summed E-state index contributed by atoms with van der Waals surface area (Å²) in [4.78, 5) is 12.4. The van der Waals surface area contributed by atoms with Crippen molar-refractivity contribution in [1.29, 1.82) is 0 Å². The van der Waals surface area contributed by atoms with Gasteiger partial charge in [0.05, 0.1) is 21.6 Å². The molecule has 10 heteroatoms. The first kappa shape index (κ1) is 18.2. The minimum Gasteiger partial charge on any atom is -0.508 e. The molecule has 1 heterocycles. The van der Waals surface area contributed by atoms with Crippen LogP contribution in [0.3, 0.4) is 0 Å². The molecule has 0 saturated heterocycles. The van der Waals surface area contributed by atoms with Crippen LogP contribution < -0.4 is 5.32 Å². The number of anilines is 1. The Labute approximate surface area is 157 Å². The van der Waals surface area contributed by atoms with Crippen LogP contribution in [0.1, 0.15) is 6.92 Å². The molecule has 26 heavy (non-hydrogen) atoms. The van der Waals surface area contributed by atoms with E-state index in [9.17, 15) is 14.3 Å². The Morgan fingerprint density at radius 1 is 1.31 bits per heavy atom. The first-order valence-corrected chi connectivity index (χ1v) is 8.70. The van der Waals surface area contributed by atoms with Gasteiger partial charge in [0.2, 0.25) is 11.1 Å². The van der Waals surface area contributed by atoms with Gasteiger partial charge >= 0.3 is 0 Å². The van der Waals surface area contributed by atoms with Crippen molar-refractivity contribution in [2.45, 2.75) is 17.3 Å². The van der Waals surface area contributed by atoms with Crippen LogP contribution >= 0.6 is 23.4 Å². The summed E-state index contributed by atoms with van der Waals surface area (Å²) in [5, 5.41) is 23.4. The van der Waals surface area contributed by atoms with Crippen LogP contribution in [0.2, 0.25) is 5.02 Å². The van der Waals surface area contributed by atoms with Crippen molar-refractivity contribution in [3.8, 4) is 11.4 Å². The summed E-state index contributed by atoms with van der Waals surface area (Å²) in [5.41, 5.74) is 0.966. The maximum atomic E-state index is 13.1. The molecule has 0 bridgehead atoms. The van der Waals surface area contributed by atoms with E-state index >= 15 is 0 Å². The van der Waals surface area contributed by atoms with Gasteiger partial charge in [0.15, 0.2) is 0 Å². The standard InChI is InChI=1S/C16H13ClFN5O2S/c1-9(15(25)19-14-7-2-10(18)8-13(14)17)26-16-20-21-22-23(16)11-3-5-12(24)6-4-11/h2-9,24H,1H3,(H,19,25)/t9-/m0/s1. The molecule has 3 rings (SSSR count). The maximum Gasteiger partial charge on any atom is 0.237 e. The Hall–Kier alpha value is -2.65. The fraction of sp³-hybridized carbons (Fsp3) is 0.125. The highest BCUT2D eigenvalue weighted by atomic mass is 35.5. The topological polar surface area (TPSA) is 92.9 Å². The van der Waals surface area contributed by atoms with Crippen molar-refractivity contribution in [3.05, 3.63) is 53.3 Å². The smallest absolute Gasteiger partial charge is 0.237 e. The highest BCUT2D eigenvalue weighted by Crippen LogP contribution is 2.27. The van der Waals surface area contributed by atoms with E-state index in [0.717, 1.165) is 17.8 Å². The van der Waals surface area contributed by atoms with Gasteiger partial charge in [-0.15, -0.1) is 5.10 Å². The summed E-state index contributed by atoms with van der Waals surface area (Å²) in [6, 6.07) is 10.1. The van der Waals surface area contributed by atoms with E-state index < -0.39 is 11.1 Å². The zero-order valence-electron chi connectivity index (χ0n) is 13.4. The Bertz CT molecular complexity index is 935. The van der Waals surface area contributed by atoms with Crippen molar-refractivity contribution >= 4 is 35.0 Å². The van der Waals surface area contributed by atoms with Gasteiger partial charge in [-0.25, -0.2) is 4.39 Å². The lowest BCUT2D eigenvalue weighted by Crippen LogP contribution is -2.23. The molecular weight excluding hydrogens is 381 g/mol. The second kappa shape index (κ2) is 7.71. The van der Waals surface area contributed by atoms with Crippen LogP contribution in [0.4, 0.5) is 10.1 Å². The second-order valence-electron chi connectivity index (χ2n) is 5.26. The zero-order chi connectivity index (χ0) is 18.7. The fourth-order valence-electron chi connectivity index (χ4n) is 2.05. The lowest BCUT2D eigenvalue weighted by molar-refractivity contribution is -0.115. The number of hydrogen-bond acceptors (Lipinski definition) is 6. The number of phenols is 1. The number of aromatic hydroxyl groups is 1. The van der Waals surface area contributed by atoms with Gasteiger partial charge in [-0.1, -0.05) is 23.4 Å². The lowest BCUT2D eigenvalue weighted by Gasteiger charge is -2.12. The SMILES string of the molecule is C[C@H](Sc1nnnn1-c1ccc(O)cc1)C(=O)Nc1ccc(F)cc1Cl. The molecule has 2 N–H and O–H groups in total. The van der Waals surface area contributed by atoms with E-state index in [1.807, 2.05) is 0 Å². The third-order valence-corrected chi connectivity index (χ3v) is 4.72. The number of amides is 1. The third kappa shape index (κ3) is 4.12. The van der Waals surface area contributed by atoms with Crippen LogP contribution in [-0.2, 0) is 4.79 Å². The van der Waals surface area contributed by atoms with Crippen LogP contribution in [-0.4, -0.2) is 36.5 Å². The average Bonchev–Trinajstić information content (AvgIpc) is 3.06. The molecule has 0 aliphatic carbocycles. The van der Waals surface area contributed by atoms with Crippen LogP contribution in [0.5, 0.6) is 5.75 Å². The van der Waals surface area contributed by atoms with Gasteiger partial charge in [-0.05, 0) is 59.8 Å². The normalized spacial score (nSPS) is 12.0. The van der Waals surface area contributed by atoms with E-state index in [1.165, 1.54) is 28.9 Å². The maximum absolute atomic E-state index is 13.1. The number of nitrogens with one attached hydrogen (secondary N) is 1. The molecule has 134 valence electrons. The van der Waals surface area contributed by atoms with E-state index in [1.54, 1.807) is 19.1 Å². The van der Waals surface area contributed by atoms with Crippen molar-refractivity contribution in [2.24, 2.45) is 0 Å². The quantitative estimate of drug-likeness (QED) is 0.646. The van der Waals surface area contributed by atoms with Crippen LogP contribution in [0.25, 0.3) is 5.69 Å². The number of hydrogen-bond donors (Lipinski definition) is 2. The summed E-state index contributed by atoms with van der Waals surface area (Å²) in [6.45, 7) is 1.69. The number of benzene rings is 2. The zero-order valence-corrected chi connectivity index (χ0v) is 15.0. The molecule has 0 unspecified atom stereocenters. The van der Waals surface area contributed by atoms with E-state index in [-0.39, 0.29) is 16.7 Å². The molecule has 0 aliphatic heterocycles. The minimum absolute atomic E-state index is 0.115. The molecule has 1 amide bonds. The van der Waals surface area contributed by atoms with Gasteiger partial charge in [0.25, 0.3) is 0 Å². The Morgan fingerprint density at radius 3 is 2.73 bits per heavy atom. The van der Waals surface area contributed by atoms with Gasteiger partial charge in [0, 0.05) is 0 Å². The molecular formula is C16H13ClFN5O2S. The summed E-state index contributed by atoms with van der Waals surface area (Å²) in [6.07, 6.45) is 0. The Kier molecular flexibility index (Phi) is 5.38. The van der Waals surface area contributed by atoms with Crippen LogP contribution in [0.15, 0.2) is 47.6 Å². The van der Waals surface area contributed by atoms with E-state index in [2.05, 4.69) is 20.8 Å². The van der Waals surface area contributed by atoms with Crippen molar-refractivity contribution < 1.29 is 14.3 Å². The largest absolute Gasteiger partial charge is 0.508 e. The highest BCUT2D eigenvalue weighted by molar-refractivity contribution is 8.00. The molecule has 0 spiro atoms. The monoisotopic (exact) mass is 393 g/mol. The number of phenolic OH excluding ortho intramolecular Hbond substituents is 1. The van der Waals surface area contributed by atoms with Crippen molar-refractivity contribution in [1.82, 2.24) is 20.2 Å². The third-order valence-electron chi connectivity index (χ3n) is 3.38. The molecule has 7 nitrogen and oxygen atoms in total. The second-order valence-corrected chi connectivity index (χ2v) is 6.98. The van der Waals surface area contributed by atoms with E-state index in [0.29, 0.717) is 16.5 Å². The van der Waals surface area contributed by atoms with Gasteiger partial charge in [0.1, 0.15) is 11.6 Å². The number of nitrogens with zero attached hydrogens (tertiary/aromatic N) is 4. The number of tetrazole rings is 1. The van der Waals surface area contributed by atoms with Gasteiger partial charge in [-0.2, -0.15) is 4.68 Å². The number of thioether (sulfide) groups is 1. The summed E-state index contributed by atoms with van der Waals surface area (Å²) in [7, 11) is 0. The number of aromatic nitrogens is 4. The lowest BCUT2D eigenvalue weighted by atomic mass is 10.3. The number of rotatable bonds is 5. The highest BCUT2D eigenvalue weighted by Gasteiger charge is 2.20. The number of carbonyl (C=O) groups excluding carboxylic acids is 1. The fourth-order valence-corrected chi connectivity index (χ4v) is 3.07. The van der Waals surface area contributed by atoms with Crippen molar-refractivity contribution in [3.63, 3.8) is 0 Å². The summed E-state index contributed by atoms with van der Waals surface area (Å²) < 4.78 is 14.5. The molecule has 3 aromatic rings. The molecule has 0 saturated carbocycles. The first-order valence-electron chi connectivity index (χ1n) is 7.44. The van der Waals surface area contributed by atoms with Gasteiger partial charge < -0.3 is 10.4 Å². The van der Waals surface area contributed by atoms with Gasteiger partial charge in [-0.3, -0.25) is 4.79 Å². The summed E-state index contributed by atoms with van der Waals surface area (Å²) >= 11 is 7.07. The number of halogens is 2. The number of carbonyl (C=O) groups is 1. The Morgan fingerprint density at radius 2 is 2.04 bits per heavy atom. The predicted molar refractivity (Wildman–Crippen MR) is 96.2 cm³/mol. The Balaban J connectivity index is 1.72. The predicted octanol–water partition coefficient (Wildman–Crippen LogP) is 3.28. The molecule has 0 aliphatic rings. The van der Waals surface area contributed by atoms with E-state index in [4.69, 9.17) is 11.6 Å². The van der Waals surface area contributed by atoms with Crippen LogP contribution in [0, 0.1) is 5.82 Å².